The Balaban J connectivity index is 2.09. The molecule has 2 aliphatic rings. The Kier molecular flexibility index (Phi) is 3.04. The molecule has 0 bridgehead atoms. The molecule has 1 unspecified atom stereocenters. The van der Waals surface area contributed by atoms with Crippen LogP contribution in [0.2, 0.25) is 0 Å². The van der Waals surface area contributed by atoms with Gasteiger partial charge in [0.1, 0.15) is 12.1 Å². The van der Waals surface area contributed by atoms with Gasteiger partial charge in [0.05, 0.1) is 0 Å². The van der Waals surface area contributed by atoms with Gasteiger partial charge in [-0.1, -0.05) is 6.92 Å². The van der Waals surface area contributed by atoms with Crippen LogP contribution in [0.15, 0.2) is 0 Å². The van der Waals surface area contributed by atoms with Crippen molar-refractivity contribution in [2.24, 2.45) is 0 Å². The lowest BCUT2D eigenvalue weighted by Crippen LogP contribution is -2.51. The second-order valence-corrected chi connectivity index (χ2v) is 5.21. The van der Waals surface area contributed by atoms with Crippen LogP contribution < -0.4 is 5.32 Å². The standard InChI is InChI=1S/C12H19N3O3/c1-4-12(2)10(17)13-11(18)15(12)7-9(16)14(3)8-5-6-8/h8H,4-7H2,1-3H3,(H,13,17,18). The molecule has 0 spiro atoms. The molecule has 1 saturated carbocycles. The monoisotopic (exact) mass is 253 g/mol. The van der Waals surface area contributed by atoms with Crippen LogP contribution in [-0.4, -0.2) is 52.8 Å². The van der Waals surface area contributed by atoms with Crippen LogP contribution in [0.25, 0.3) is 0 Å². The molecule has 0 aromatic heterocycles. The van der Waals surface area contributed by atoms with Gasteiger partial charge in [0, 0.05) is 13.1 Å². The highest BCUT2D eigenvalue weighted by atomic mass is 16.2. The number of nitrogens with one attached hydrogen (secondary N) is 1. The van der Waals surface area contributed by atoms with Crippen molar-refractivity contribution in [1.82, 2.24) is 15.1 Å². The highest BCUT2D eigenvalue weighted by Crippen LogP contribution is 2.28. The first-order valence-electron chi connectivity index (χ1n) is 6.29. The summed E-state index contributed by atoms with van der Waals surface area (Å²) in [5.74, 6) is -0.432. The second-order valence-electron chi connectivity index (χ2n) is 5.21. The smallest absolute Gasteiger partial charge is 0.325 e. The van der Waals surface area contributed by atoms with E-state index in [2.05, 4.69) is 5.32 Å². The molecule has 4 amide bonds. The lowest BCUT2D eigenvalue weighted by molar-refractivity contribution is -0.133. The van der Waals surface area contributed by atoms with Crippen molar-refractivity contribution >= 4 is 17.8 Å². The van der Waals surface area contributed by atoms with Gasteiger partial charge in [-0.15, -0.1) is 0 Å². The Morgan fingerprint density at radius 3 is 2.61 bits per heavy atom. The summed E-state index contributed by atoms with van der Waals surface area (Å²) in [7, 11) is 1.75. The number of rotatable bonds is 4. The number of nitrogens with zero attached hydrogens (tertiary/aromatic N) is 2. The molecule has 1 saturated heterocycles. The molecule has 1 heterocycles. The molecule has 1 aliphatic heterocycles. The van der Waals surface area contributed by atoms with E-state index in [0.717, 1.165) is 12.8 Å². The Bertz CT molecular complexity index is 405. The number of hydrogen-bond acceptors (Lipinski definition) is 3. The zero-order chi connectivity index (χ0) is 13.5. The van der Waals surface area contributed by atoms with Crippen LogP contribution in [0.1, 0.15) is 33.1 Å². The Hall–Kier alpha value is -1.59. The largest absolute Gasteiger partial charge is 0.341 e. The van der Waals surface area contributed by atoms with Gasteiger partial charge in [0.25, 0.3) is 5.91 Å². The van der Waals surface area contributed by atoms with E-state index in [0.29, 0.717) is 12.5 Å². The van der Waals surface area contributed by atoms with Crippen LogP contribution >= 0.6 is 0 Å². The van der Waals surface area contributed by atoms with Gasteiger partial charge in [-0.25, -0.2) is 4.79 Å². The number of hydrogen-bond donors (Lipinski definition) is 1. The van der Waals surface area contributed by atoms with Crippen molar-refractivity contribution in [3.63, 3.8) is 0 Å². The third-order valence-electron chi connectivity index (χ3n) is 4.02. The molecule has 1 atom stereocenters. The first kappa shape index (κ1) is 12.9. The normalized spacial score (nSPS) is 27.4. The van der Waals surface area contributed by atoms with E-state index in [1.165, 1.54) is 4.90 Å². The molecule has 0 aromatic rings. The number of carbonyl (C=O) groups is 3. The summed E-state index contributed by atoms with van der Waals surface area (Å²) in [4.78, 5) is 38.5. The molecule has 0 radical (unpaired) electrons. The predicted molar refractivity (Wildman–Crippen MR) is 64.7 cm³/mol. The second kappa shape index (κ2) is 4.26. The van der Waals surface area contributed by atoms with Crippen LogP contribution in [0.4, 0.5) is 4.79 Å². The average Bonchev–Trinajstić information content (AvgIpc) is 3.14. The predicted octanol–water partition coefficient (Wildman–Crippen LogP) is 0.328. The fraction of sp³-hybridized carbons (Fsp3) is 0.750. The van der Waals surface area contributed by atoms with Gasteiger partial charge in [0.15, 0.2) is 0 Å². The average molecular weight is 253 g/mol. The van der Waals surface area contributed by atoms with Gasteiger partial charge in [0.2, 0.25) is 5.91 Å². The number of likely N-dealkylation sites (N-methyl/N-ethyl adjacent to an activating group) is 1. The van der Waals surface area contributed by atoms with Crippen molar-refractivity contribution in [2.45, 2.75) is 44.7 Å². The van der Waals surface area contributed by atoms with Gasteiger partial charge >= 0.3 is 6.03 Å². The van der Waals surface area contributed by atoms with Crippen molar-refractivity contribution in [3.05, 3.63) is 0 Å². The SMILES string of the molecule is CCC1(C)C(=O)NC(=O)N1CC(=O)N(C)C1CC1. The van der Waals surface area contributed by atoms with Crippen LogP contribution in [0.5, 0.6) is 0 Å². The zero-order valence-corrected chi connectivity index (χ0v) is 11.0. The molecule has 2 fully saturated rings. The summed E-state index contributed by atoms with van der Waals surface area (Å²) >= 11 is 0. The van der Waals surface area contributed by atoms with E-state index < -0.39 is 11.6 Å². The summed E-state index contributed by atoms with van der Waals surface area (Å²) in [6, 6.07) is -0.159. The van der Waals surface area contributed by atoms with E-state index in [9.17, 15) is 14.4 Å². The van der Waals surface area contributed by atoms with Gasteiger partial charge < -0.3 is 9.80 Å². The minimum atomic E-state index is -0.906. The zero-order valence-electron chi connectivity index (χ0n) is 11.0. The maximum Gasteiger partial charge on any atom is 0.325 e. The molecule has 6 nitrogen and oxygen atoms in total. The maximum atomic E-state index is 12.0. The van der Waals surface area contributed by atoms with E-state index in [4.69, 9.17) is 0 Å². The molecule has 100 valence electrons. The minimum absolute atomic E-state index is 0.0328. The lowest BCUT2D eigenvalue weighted by atomic mass is 9.97. The molecular formula is C12H19N3O3. The van der Waals surface area contributed by atoms with Crippen molar-refractivity contribution in [2.75, 3.05) is 13.6 Å². The summed E-state index contributed by atoms with van der Waals surface area (Å²) in [6.07, 6.45) is 2.54. The molecule has 1 aliphatic carbocycles. The Morgan fingerprint density at radius 2 is 2.11 bits per heavy atom. The molecular weight excluding hydrogens is 234 g/mol. The fourth-order valence-electron chi connectivity index (χ4n) is 2.16. The highest BCUT2D eigenvalue weighted by molar-refractivity contribution is 6.07. The minimum Gasteiger partial charge on any atom is -0.341 e. The van der Waals surface area contributed by atoms with E-state index in [1.54, 1.807) is 18.9 Å². The van der Waals surface area contributed by atoms with Gasteiger partial charge in [-0.05, 0) is 26.2 Å². The topological polar surface area (TPSA) is 69.7 Å². The third-order valence-corrected chi connectivity index (χ3v) is 4.02. The van der Waals surface area contributed by atoms with E-state index in [-0.39, 0.29) is 18.4 Å². The summed E-state index contributed by atoms with van der Waals surface area (Å²) < 4.78 is 0. The number of carbonyl (C=O) groups excluding carboxylic acids is 3. The molecule has 6 heteroatoms. The van der Waals surface area contributed by atoms with Gasteiger partial charge in [-0.3, -0.25) is 14.9 Å². The number of urea groups is 1. The third kappa shape index (κ3) is 1.95. The fourth-order valence-corrected chi connectivity index (χ4v) is 2.16. The quantitative estimate of drug-likeness (QED) is 0.734. The summed E-state index contributed by atoms with van der Waals surface area (Å²) in [5.41, 5.74) is -0.906. The van der Waals surface area contributed by atoms with Crippen molar-refractivity contribution in [1.29, 1.82) is 0 Å². The first-order valence-corrected chi connectivity index (χ1v) is 6.29. The summed E-state index contributed by atoms with van der Waals surface area (Å²) in [5, 5.41) is 2.27. The Morgan fingerprint density at radius 1 is 1.50 bits per heavy atom. The van der Waals surface area contributed by atoms with E-state index >= 15 is 0 Å². The van der Waals surface area contributed by atoms with E-state index in [1.807, 2.05) is 6.92 Å². The van der Waals surface area contributed by atoms with Crippen molar-refractivity contribution in [3.8, 4) is 0 Å². The lowest BCUT2D eigenvalue weighted by Gasteiger charge is -2.31. The maximum absolute atomic E-state index is 12.0. The summed E-state index contributed by atoms with van der Waals surface area (Å²) in [6.45, 7) is 3.49. The molecule has 0 aromatic carbocycles. The van der Waals surface area contributed by atoms with Crippen LogP contribution in [-0.2, 0) is 9.59 Å². The molecule has 18 heavy (non-hydrogen) atoms. The van der Waals surface area contributed by atoms with Crippen molar-refractivity contribution < 1.29 is 14.4 Å². The number of imide groups is 1. The Labute approximate surface area is 106 Å². The first-order chi connectivity index (χ1) is 8.40. The van der Waals surface area contributed by atoms with Crippen LogP contribution in [0, 0.1) is 0 Å². The number of amides is 4. The van der Waals surface area contributed by atoms with Gasteiger partial charge in [-0.2, -0.15) is 0 Å². The highest BCUT2D eigenvalue weighted by Gasteiger charge is 2.49. The molecule has 1 N–H and O–H groups in total. The van der Waals surface area contributed by atoms with Crippen LogP contribution in [0.3, 0.4) is 0 Å². The molecule has 2 rings (SSSR count).